The van der Waals surface area contributed by atoms with Crippen LogP contribution in [0.15, 0.2) is 54.9 Å². The monoisotopic (exact) mass is 700 g/mol. The normalized spacial score (nSPS) is 15.6. The maximum atomic E-state index is 15.0. The summed E-state index contributed by atoms with van der Waals surface area (Å²) in [6, 6.07) is 10.8. The molecule has 0 radical (unpaired) electrons. The number of piperidine rings is 1. The van der Waals surface area contributed by atoms with Crippen molar-refractivity contribution in [2.75, 3.05) is 28.9 Å². The molecule has 0 bridgehead atoms. The van der Waals surface area contributed by atoms with Crippen LogP contribution in [-0.2, 0) is 14.8 Å². The van der Waals surface area contributed by atoms with Crippen molar-refractivity contribution in [2.45, 2.75) is 71.4 Å². The number of rotatable bonds is 10. The molecule has 4 aromatic rings. The number of nitrogens with one attached hydrogen (secondary N) is 2. The third-order valence-electron chi connectivity index (χ3n) is 7.67. The van der Waals surface area contributed by atoms with Crippen molar-refractivity contribution in [3.63, 3.8) is 0 Å². The predicted molar refractivity (Wildman–Crippen MR) is 181 cm³/mol. The van der Waals surface area contributed by atoms with E-state index >= 15 is 4.39 Å². The number of aryl methyl sites for hydroxylation is 1. The first kappa shape index (κ1) is 35.6. The summed E-state index contributed by atoms with van der Waals surface area (Å²) in [5.41, 5.74) is 0.683. The van der Waals surface area contributed by atoms with E-state index < -0.39 is 39.5 Å². The summed E-state index contributed by atoms with van der Waals surface area (Å²) in [7, 11) is -4.31. The molecule has 3 heterocycles. The minimum Gasteiger partial charge on any atom is -0.444 e. The lowest BCUT2D eigenvalue weighted by atomic mass is 10.0. The van der Waals surface area contributed by atoms with Gasteiger partial charge in [0.1, 0.15) is 17.2 Å². The van der Waals surface area contributed by atoms with Crippen molar-refractivity contribution in [1.29, 1.82) is 0 Å². The fourth-order valence-electron chi connectivity index (χ4n) is 5.33. The number of carbonyl (C=O) groups is 1. The van der Waals surface area contributed by atoms with Crippen molar-refractivity contribution in [3.8, 4) is 22.9 Å². The molecule has 0 spiro atoms. The summed E-state index contributed by atoms with van der Waals surface area (Å²) >= 11 is 0. The predicted octanol–water partition coefficient (Wildman–Crippen LogP) is 7.53. The summed E-state index contributed by atoms with van der Waals surface area (Å²) < 4.78 is 81.1. The van der Waals surface area contributed by atoms with Crippen LogP contribution >= 0.6 is 0 Å². The van der Waals surface area contributed by atoms with Gasteiger partial charge in [0.05, 0.1) is 22.7 Å². The zero-order chi connectivity index (χ0) is 35.6. The number of aromatic nitrogens is 3. The average molecular weight is 701 g/mol. The van der Waals surface area contributed by atoms with E-state index in [1.54, 1.807) is 42.3 Å². The zero-order valence-electron chi connectivity index (χ0n) is 27.9. The molecule has 1 fully saturated rings. The molecule has 1 aliphatic rings. The summed E-state index contributed by atoms with van der Waals surface area (Å²) in [5, 5.41) is 3.86. The molecule has 0 saturated carbocycles. The number of hydrogen-bond donors (Lipinski definition) is 2. The fourth-order valence-corrected chi connectivity index (χ4v) is 6.58. The highest BCUT2D eigenvalue weighted by molar-refractivity contribution is 7.92. The number of ether oxygens (including phenoxy) is 2. The average Bonchev–Trinajstić information content (AvgIpc) is 3.02. The van der Waals surface area contributed by atoms with Crippen LogP contribution in [0.5, 0.6) is 11.6 Å². The number of likely N-dealkylation sites (tertiary alicyclic amines) is 1. The Balaban J connectivity index is 1.40. The number of amides is 1. The number of pyridine rings is 1. The highest BCUT2D eigenvalue weighted by Crippen LogP contribution is 2.40. The number of benzene rings is 2. The second-order valence-corrected chi connectivity index (χ2v) is 14.9. The third-order valence-corrected chi connectivity index (χ3v) is 8.93. The minimum atomic E-state index is -4.31. The van der Waals surface area contributed by atoms with Crippen molar-refractivity contribution in [1.82, 2.24) is 19.9 Å². The van der Waals surface area contributed by atoms with Crippen LogP contribution in [0.2, 0.25) is 0 Å². The van der Waals surface area contributed by atoms with Crippen LogP contribution < -0.4 is 14.8 Å². The maximum absolute atomic E-state index is 15.0. The van der Waals surface area contributed by atoms with Crippen molar-refractivity contribution in [3.05, 3.63) is 66.2 Å². The lowest BCUT2D eigenvalue weighted by Gasteiger charge is -2.34. The summed E-state index contributed by atoms with van der Waals surface area (Å²) in [6.45, 7) is 8.88. The molecule has 262 valence electrons. The van der Waals surface area contributed by atoms with E-state index in [1.807, 2.05) is 20.8 Å². The van der Waals surface area contributed by atoms with Crippen LogP contribution in [0, 0.1) is 12.7 Å². The molecule has 0 aliphatic carbocycles. The van der Waals surface area contributed by atoms with Gasteiger partial charge in [-0.2, -0.15) is 0 Å². The molecular weight excluding hydrogens is 661 g/mol. The molecule has 1 atom stereocenters. The molecular formula is C34H39F3N6O5S. The Kier molecular flexibility index (Phi) is 10.2. The number of halogens is 3. The molecule has 1 amide bonds. The van der Waals surface area contributed by atoms with Gasteiger partial charge in [0, 0.05) is 48.7 Å². The van der Waals surface area contributed by atoms with Gasteiger partial charge in [-0.25, -0.2) is 41.3 Å². The Morgan fingerprint density at radius 1 is 1.04 bits per heavy atom. The van der Waals surface area contributed by atoms with Crippen LogP contribution in [0.25, 0.3) is 22.0 Å². The van der Waals surface area contributed by atoms with E-state index in [-0.39, 0.29) is 34.8 Å². The first-order valence-electron chi connectivity index (χ1n) is 15.8. The quantitative estimate of drug-likeness (QED) is 0.172. The summed E-state index contributed by atoms with van der Waals surface area (Å²) in [4.78, 5) is 27.8. The van der Waals surface area contributed by atoms with E-state index in [0.29, 0.717) is 48.2 Å². The first-order valence-corrected chi connectivity index (χ1v) is 17.4. The van der Waals surface area contributed by atoms with E-state index in [4.69, 9.17) is 14.5 Å². The Morgan fingerprint density at radius 3 is 2.53 bits per heavy atom. The fraction of sp³-hybridized carbons (Fsp3) is 0.412. The number of hydrogen-bond acceptors (Lipinski definition) is 9. The third kappa shape index (κ3) is 9.28. The second-order valence-electron chi connectivity index (χ2n) is 13.1. The van der Waals surface area contributed by atoms with E-state index in [0.717, 1.165) is 18.9 Å². The van der Waals surface area contributed by atoms with Crippen molar-refractivity contribution < 1.29 is 35.9 Å². The van der Waals surface area contributed by atoms with Gasteiger partial charge in [0.25, 0.3) is 0 Å². The lowest BCUT2D eigenvalue weighted by molar-refractivity contribution is 0.0186. The molecule has 0 unspecified atom stereocenters. The van der Waals surface area contributed by atoms with E-state index in [9.17, 15) is 22.0 Å². The Bertz CT molecular complexity index is 1950. The van der Waals surface area contributed by atoms with E-state index in [1.165, 1.54) is 18.3 Å². The lowest BCUT2D eigenvalue weighted by Crippen LogP contribution is -2.47. The Morgan fingerprint density at radius 2 is 1.80 bits per heavy atom. The Hall–Kier alpha value is -4.66. The SMILES string of the molecule is Cc1ccc2c(NS(=O)(=O)CCC(C)(F)F)c(F)ccc2c1Oc1ncccc1-c1ccnc(N[C@H]2CCCN(C(=O)OC(C)(C)C)C2)n1. The second kappa shape index (κ2) is 14.1. The van der Waals surface area contributed by atoms with Crippen LogP contribution in [-0.4, -0.2) is 70.8 Å². The molecule has 11 nitrogen and oxygen atoms in total. The number of carbonyl (C=O) groups excluding carboxylic acids is 1. The van der Waals surface area contributed by atoms with Gasteiger partial charge in [-0.3, -0.25) is 4.72 Å². The molecule has 15 heteroatoms. The van der Waals surface area contributed by atoms with Gasteiger partial charge in [0.15, 0.2) is 0 Å². The van der Waals surface area contributed by atoms with Crippen LogP contribution in [0.3, 0.4) is 0 Å². The van der Waals surface area contributed by atoms with Gasteiger partial charge in [-0.15, -0.1) is 0 Å². The number of fused-ring (bicyclic) bond motifs is 1. The first-order chi connectivity index (χ1) is 23.0. The maximum Gasteiger partial charge on any atom is 0.410 e. The summed E-state index contributed by atoms with van der Waals surface area (Å²) in [6.07, 6.45) is 3.42. The molecule has 5 rings (SSSR count). The van der Waals surface area contributed by atoms with Crippen LogP contribution in [0.1, 0.15) is 52.5 Å². The minimum absolute atomic E-state index is 0.107. The van der Waals surface area contributed by atoms with Gasteiger partial charge in [-0.1, -0.05) is 12.1 Å². The standard InChI is InChI=1S/C34H39F3N6O5S/c1-21-10-11-23-24(12-13-26(35)28(23)42-49(45,46)19-15-34(5,36)37)29(21)47-30-25(9-6-16-38-30)27-14-17-39-31(41-27)40-22-8-7-18-43(20-22)32(44)48-33(2,3)4/h6,9-14,16-17,22,42H,7-8,15,18-20H2,1-5H3,(H,39,40,41)/t22-/m0/s1. The number of anilines is 2. The molecule has 2 aromatic heterocycles. The topological polar surface area (TPSA) is 136 Å². The van der Waals surface area contributed by atoms with Gasteiger partial charge >= 0.3 is 6.09 Å². The van der Waals surface area contributed by atoms with E-state index in [2.05, 4.69) is 20.0 Å². The smallest absolute Gasteiger partial charge is 0.410 e. The summed E-state index contributed by atoms with van der Waals surface area (Å²) in [5.74, 6) is -4.16. The largest absolute Gasteiger partial charge is 0.444 e. The number of sulfonamides is 1. The molecule has 2 aromatic carbocycles. The van der Waals surface area contributed by atoms with Gasteiger partial charge in [-0.05, 0) is 83.4 Å². The molecule has 49 heavy (non-hydrogen) atoms. The molecule has 1 saturated heterocycles. The highest BCUT2D eigenvalue weighted by Gasteiger charge is 2.29. The van der Waals surface area contributed by atoms with Crippen molar-refractivity contribution in [2.24, 2.45) is 0 Å². The van der Waals surface area contributed by atoms with Crippen molar-refractivity contribution >= 4 is 38.5 Å². The van der Waals surface area contributed by atoms with Gasteiger partial charge in [0.2, 0.25) is 27.8 Å². The molecule has 1 aliphatic heterocycles. The molecule has 2 N–H and O–H groups in total. The highest BCUT2D eigenvalue weighted by atomic mass is 32.2. The Labute approximate surface area is 283 Å². The van der Waals surface area contributed by atoms with Crippen LogP contribution in [0.4, 0.5) is 29.6 Å². The number of alkyl halides is 2. The van der Waals surface area contributed by atoms with Gasteiger partial charge < -0.3 is 19.7 Å². The number of nitrogens with zero attached hydrogens (tertiary/aromatic N) is 4. The zero-order valence-corrected chi connectivity index (χ0v) is 28.7.